The minimum absolute atomic E-state index is 0.129. The molecule has 2 amide bonds. The molecule has 1 aromatic heterocycles. The van der Waals surface area contributed by atoms with Gasteiger partial charge in [-0.1, -0.05) is 49.2 Å². The molecule has 0 bridgehead atoms. The van der Waals surface area contributed by atoms with Crippen molar-refractivity contribution in [3.05, 3.63) is 51.5 Å². The third kappa shape index (κ3) is 3.82. The molecule has 2 atom stereocenters. The summed E-state index contributed by atoms with van der Waals surface area (Å²) in [6.45, 7) is 4.12. The molecule has 2 N–H and O–H groups in total. The van der Waals surface area contributed by atoms with Crippen LogP contribution in [0.2, 0.25) is 10.0 Å². The molecule has 1 aromatic carbocycles. The molecule has 2 aromatic rings. The van der Waals surface area contributed by atoms with Gasteiger partial charge in [-0.25, -0.2) is 14.6 Å². The summed E-state index contributed by atoms with van der Waals surface area (Å²) in [5, 5.41) is 3.56. The predicted molar refractivity (Wildman–Crippen MR) is 106 cm³/mol. The van der Waals surface area contributed by atoms with Crippen LogP contribution in [0.15, 0.2) is 24.5 Å². The second kappa shape index (κ2) is 8.41. The Morgan fingerprint density at radius 1 is 1.36 bits per heavy atom. The van der Waals surface area contributed by atoms with Crippen molar-refractivity contribution in [3.63, 3.8) is 0 Å². The Balaban J connectivity index is 1.98. The number of fused-ring (bicyclic) bond motifs is 1. The highest BCUT2D eigenvalue weighted by Gasteiger charge is 2.37. The molecule has 3 rings (SSSR count). The lowest BCUT2D eigenvalue weighted by molar-refractivity contribution is -0.144. The number of hydrogen-bond donors (Lipinski definition) is 2. The van der Waals surface area contributed by atoms with Gasteiger partial charge in [0.05, 0.1) is 29.2 Å². The van der Waals surface area contributed by atoms with Crippen molar-refractivity contribution in [2.24, 2.45) is 5.92 Å². The number of carbonyl (C=O) groups is 2. The van der Waals surface area contributed by atoms with Crippen LogP contribution in [0.25, 0.3) is 0 Å². The van der Waals surface area contributed by atoms with Crippen LogP contribution in [0.1, 0.15) is 36.8 Å². The topological polar surface area (TPSA) is 87.3 Å². The number of ether oxygens (including phenoxy) is 1. The number of aromatic amines is 1. The summed E-state index contributed by atoms with van der Waals surface area (Å²) in [5.41, 5.74) is 2.33. The van der Waals surface area contributed by atoms with E-state index in [0.29, 0.717) is 34.3 Å². The first-order chi connectivity index (χ1) is 13.3. The Bertz CT molecular complexity index is 884. The molecule has 0 saturated carbocycles. The number of benzene rings is 1. The lowest BCUT2D eigenvalue weighted by Gasteiger charge is -2.36. The van der Waals surface area contributed by atoms with Gasteiger partial charge in [-0.3, -0.25) is 0 Å². The SMILES string of the molecule is COC(=O)C(NC(=O)N1CCc2[nH]cnc2C1c1cccc(Cl)c1Cl)C(C)C. The quantitative estimate of drug-likeness (QED) is 0.734. The van der Waals surface area contributed by atoms with E-state index in [-0.39, 0.29) is 5.92 Å². The normalized spacial score (nSPS) is 17.2. The molecule has 0 aliphatic carbocycles. The van der Waals surface area contributed by atoms with E-state index in [2.05, 4.69) is 15.3 Å². The maximum absolute atomic E-state index is 13.1. The first-order valence-corrected chi connectivity index (χ1v) is 9.71. The lowest BCUT2D eigenvalue weighted by atomic mass is 9.95. The third-order valence-corrected chi connectivity index (χ3v) is 5.70. The van der Waals surface area contributed by atoms with Gasteiger partial charge in [-0.05, 0) is 12.0 Å². The number of hydrogen-bond acceptors (Lipinski definition) is 4. The highest BCUT2D eigenvalue weighted by Crippen LogP contribution is 2.39. The molecule has 2 unspecified atom stereocenters. The number of H-pyrrole nitrogens is 1. The summed E-state index contributed by atoms with van der Waals surface area (Å²) in [6.07, 6.45) is 2.21. The second-order valence-corrected chi connectivity index (χ2v) is 7.73. The highest BCUT2D eigenvalue weighted by molar-refractivity contribution is 6.42. The fraction of sp³-hybridized carbons (Fsp3) is 0.421. The van der Waals surface area contributed by atoms with Gasteiger partial charge < -0.3 is 19.9 Å². The van der Waals surface area contributed by atoms with Crippen molar-refractivity contribution >= 4 is 35.2 Å². The Labute approximate surface area is 173 Å². The van der Waals surface area contributed by atoms with Crippen LogP contribution >= 0.6 is 23.2 Å². The maximum atomic E-state index is 13.1. The number of aromatic nitrogens is 2. The van der Waals surface area contributed by atoms with E-state index in [1.165, 1.54) is 7.11 Å². The van der Waals surface area contributed by atoms with E-state index >= 15 is 0 Å². The van der Waals surface area contributed by atoms with Gasteiger partial charge in [-0.15, -0.1) is 0 Å². The van der Waals surface area contributed by atoms with Gasteiger partial charge in [0.15, 0.2) is 0 Å². The molecule has 0 spiro atoms. The number of nitrogens with one attached hydrogen (secondary N) is 2. The summed E-state index contributed by atoms with van der Waals surface area (Å²) >= 11 is 12.7. The Kier molecular flexibility index (Phi) is 6.15. The maximum Gasteiger partial charge on any atom is 0.328 e. The Hall–Kier alpha value is -2.25. The van der Waals surface area contributed by atoms with Crippen LogP contribution in [0, 0.1) is 5.92 Å². The zero-order valence-corrected chi connectivity index (χ0v) is 17.3. The van der Waals surface area contributed by atoms with Crippen LogP contribution in [-0.4, -0.2) is 46.6 Å². The minimum atomic E-state index is -0.756. The van der Waals surface area contributed by atoms with Crippen molar-refractivity contribution in [2.45, 2.75) is 32.4 Å². The van der Waals surface area contributed by atoms with Crippen molar-refractivity contribution in [3.8, 4) is 0 Å². The van der Waals surface area contributed by atoms with Crippen molar-refractivity contribution < 1.29 is 14.3 Å². The minimum Gasteiger partial charge on any atom is -0.467 e. The predicted octanol–water partition coefficient (Wildman–Crippen LogP) is 3.57. The summed E-state index contributed by atoms with van der Waals surface area (Å²) in [4.78, 5) is 34.4. The van der Waals surface area contributed by atoms with Crippen molar-refractivity contribution in [1.82, 2.24) is 20.2 Å². The van der Waals surface area contributed by atoms with Gasteiger partial charge in [0, 0.05) is 24.2 Å². The van der Waals surface area contributed by atoms with Gasteiger partial charge in [0.25, 0.3) is 0 Å². The fourth-order valence-electron chi connectivity index (χ4n) is 3.38. The van der Waals surface area contributed by atoms with E-state index < -0.39 is 24.1 Å². The monoisotopic (exact) mass is 424 g/mol. The molecule has 0 fully saturated rings. The zero-order valence-electron chi connectivity index (χ0n) is 15.8. The second-order valence-electron chi connectivity index (χ2n) is 6.95. The number of rotatable bonds is 4. The van der Waals surface area contributed by atoms with Crippen molar-refractivity contribution in [1.29, 1.82) is 0 Å². The Morgan fingerprint density at radius 3 is 2.79 bits per heavy atom. The number of halogens is 2. The van der Waals surface area contributed by atoms with E-state index in [1.54, 1.807) is 23.4 Å². The van der Waals surface area contributed by atoms with Crippen LogP contribution in [0.3, 0.4) is 0 Å². The summed E-state index contributed by atoms with van der Waals surface area (Å²) < 4.78 is 4.82. The van der Waals surface area contributed by atoms with Crippen LogP contribution in [0.4, 0.5) is 4.79 Å². The summed E-state index contributed by atoms with van der Waals surface area (Å²) in [5.74, 6) is -0.617. The van der Waals surface area contributed by atoms with Crippen molar-refractivity contribution in [2.75, 3.05) is 13.7 Å². The lowest BCUT2D eigenvalue weighted by Crippen LogP contribution is -2.53. The third-order valence-electron chi connectivity index (χ3n) is 4.86. The number of methoxy groups -OCH3 is 1. The molecular weight excluding hydrogens is 403 g/mol. The molecule has 1 aliphatic rings. The summed E-state index contributed by atoms with van der Waals surface area (Å²) in [6, 6.07) is 3.63. The smallest absolute Gasteiger partial charge is 0.328 e. The average Bonchev–Trinajstić information content (AvgIpc) is 3.15. The molecule has 28 heavy (non-hydrogen) atoms. The van der Waals surface area contributed by atoms with Crippen LogP contribution < -0.4 is 5.32 Å². The Morgan fingerprint density at radius 2 is 2.11 bits per heavy atom. The van der Waals surface area contributed by atoms with E-state index in [9.17, 15) is 9.59 Å². The molecule has 2 heterocycles. The van der Waals surface area contributed by atoms with E-state index in [1.807, 2.05) is 19.9 Å². The van der Waals surface area contributed by atoms with Gasteiger partial charge in [0.2, 0.25) is 0 Å². The average molecular weight is 425 g/mol. The molecule has 7 nitrogen and oxygen atoms in total. The molecule has 150 valence electrons. The first-order valence-electron chi connectivity index (χ1n) is 8.96. The standard InChI is InChI=1S/C19H22Cl2N4O3/c1-10(2)15(18(26)28-3)24-19(27)25-8-7-13-16(23-9-22-13)17(25)11-5-4-6-12(20)14(11)21/h4-6,9-10,15,17H,7-8H2,1-3H3,(H,22,23)(H,24,27). The van der Waals surface area contributed by atoms with Crippen LogP contribution in [-0.2, 0) is 16.0 Å². The molecule has 9 heteroatoms. The highest BCUT2D eigenvalue weighted by atomic mass is 35.5. The fourth-order valence-corrected chi connectivity index (χ4v) is 3.79. The number of esters is 1. The summed E-state index contributed by atoms with van der Waals surface area (Å²) in [7, 11) is 1.30. The molecule has 0 radical (unpaired) electrons. The van der Waals surface area contributed by atoms with Crippen LogP contribution in [0.5, 0.6) is 0 Å². The number of amides is 2. The van der Waals surface area contributed by atoms with Gasteiger partial charge in [0.1, 0.15) is 12.1 Å². The molecule has 0 saturated heterocycles. The number of nitrogens with zero attached hydrogens (tertiary/aromatic N) is 2. The number of imidazole rings is 1. The number of carbonyl (C=O) groups excluding carboxylic acids is 2. The van der Waals surface area contributed by atoms with E-state index in [0.717, 1.165) is 5.69 Å². The van der Waals surface area contributed by atoms with Gasteiger partial charge in [-0.2, -0.15) is 0 Å². The molecular formula is C19H22Cl2N4O3. The first kappa shape index (κ1) is 20.5. The largest absolute Gasteiger partial charge is 0.467 e. The van der Waals surface area contributed by atoms with Gasteiger partial charge >= 0.3 is 12.0 Å². The number of urea groups is 1. The zero-order chi connectivity index (χ0) is 20.4. The molecule has 1 aliphatic heterocycles. The van der Waals surface area contributed by atoms with E-state index in [4.69, 9.17) is 27.9 Å².